The summed E-state index contributed by atoms with van der Waals surface area (Å²) in [7, 11) is 0. The summed E-state index contributed by atoms with van der Waals surface area (Å²) in [6, 6.07) is 26.5. The van der Waals surface area contributed by atoms with Gasteiger partial charge in [0.25, 0.3) is 0 Å². The van der Waals surface area contributed by atoms with Gasteiger partial charge in [0.1, 0.15) is 17.3 Å². The van der Waals surface area contributed by atoms with Crippen molar-refractivity contribution in [2.24, 2.45) is 0 Å². The van der Waals surface area contributed by atoms with Gasteiger partial charge in [-0.05, 0) is 52.6 Å². The van der Waals surface area contributed by atoms with Crippen molar-refractivity contribution in [1.29, 1.82) is 0 Å². The standard InChI is InChI=1S/C24H17FO2/c25-22-14-18(16-7-3-1-4-8-16)13-20(17-9-5-2-6-10-17)24(22)21-15-19(26)11-12-23(21)27/h1-15,26-27H. The largest absolute Gasteiger partial charge is 0.508 e. The SMILES string of the molecule is Oc1ccc(O)c(-c2c(F)cc(-c3ccccc3)cc2-c2ccccc2)c1. The molecule has 0 amide bonds. The molecule has 132 valence electrons. The average molecular weight is 356 g/mol. The summed E-state index contributed by atoms with van der Waals surface area (Å²) >= 11 is 0. The van der Waals surface area contributed by atoms with Crippen molar-refractivity contribution >= 4 is 0 Å². The van der Waals surface area contributed by atoms with Crippen molar-refractivity contribution in [2.45, 2.75) is 0 Å². The van der Waals surface area contributed by atoms with Crippen molar-refractivity contribution in [1.82, 2.24) is 0 Å². The summed E-state index contributed by atoms with van der Waals surface area (Å²) < 4.78 is 15.3. The van der Waals surface area contributed by atoms with E-state index < -0.39 is 5.82 Å². The lowest BCUT2D eigenvalue weighted by atomic mass is 9.90. The Morgan fingerprint density at radius 3 is 1.85 bits per heavy atom. The van der Waals surface area contributed by atoms with E-state index in [9.17, 15) is 10.2 Å². The fraction of sp³-hybridized carbons (Fsp3) is 0. The van der Waals surface area contributed by atoms with Crippen LogP contribution in [0.15, 0.2) is 91.0 Å². The lowest BCUT2D eigenvalue weighted by molar-refractivity contribution is 0.461. The molecule has 0 spiro atoms. The third kappa shape index (κ3) is 3.27. The van der Waals surface area contributed by atoms with E-state index in [4.69, 9.17) is 0 Å². The molecule has 0 unspecified atom stereocenters. The Kier molecular flexibility index (Phi) is 4.35. The highest BCUT2D eigenvalue weighted by molar-refractivity contribution is 5.89. The van der Waals surface area contributed by atoms with Gasteiger partial charge < -0.3 is 10.2 Å². The summed E-state index contributed by atoms with van der Waals surface area (Å²) in [5.41, 5.74) is 3.64. The smallest absolute Gasteiger partial charge is 0.132 e. The molecule has 4 rings (SSSR count). The number of aromatic hydroxyl groups is 2. The van der Waals surface area contributed by atoms with Crippen LogP contribution in [0.1, 0.15) is 0 Å². The summed E-state index contributed by atoms with van der Waals surface area (Å²) in [6.07, 6.45) is 0. The van der Waals surface area contributed by atoms with E-state index in [2.05, 4.69) is 0 Å². The van der Waals surface area contributed by atoms with Crippen LogP contribution in [-0.4, -0.2) is 10.2 Å². The molecule has 2 N–H and O–H groups in total. The first-order chi connectivity index (χ1) is 13.1. The zero-order valence-corrected chi connectivity index (χ0v) is 14.4. The van der Waals surface area contributed by atoms with Crippen molar-refractivity contribution in [3.05, 3.63) is 96.8 Å². The van der Waals surface area contributed by atoms with Crippen LogP contribution in [0.3, 0.4) is 0 Å². The first kappa shape index (κ1) is 16.9. The summed E-state index contributed by atoms with van der Waals surface area (Å²) in [6.45, 7) is 0. The Hall–Kier alpha value is -3.59. The molecule has 0 fully saturated rings. The molecule has 4 aromatic rings. The van der Waals surface area contributed by atoms with Crippen molar-refractivity contribution in [3.8, 4) is 44.9 Å². The highest BCUT2D eigenvalue weighted by Gasteiger charge is 2.18. The van der Waals surface area contributed by atoms with Gasteiger partial charge >= 0.3 is 0 Å². The highest BCUT2D eigenvalue weighted by atomic mass is 19.1. The molecular formula is C24H17FO2. The van der Waals surface area contributed by atoms with Crippen molar-refractivity contribution in [3.63, 3.8) is 0 Å². The monoisotopic (exact) mass is 356 g/mol. The second-order valence-corrected chi connectivity index (χ2v) is 6.31. The van der Waals surface area contributed by atoms with E-state index in [1.165, 1.54) is 24.3 Å². The van der Waals surface area contributed by atoms with E-state index in [0.29, 0.717) is 5.56 Å². The number of hydrogen-bond donors (Lipinski definition) is 2. The molecule has 4 aromatic carbocycles. The Bertz CT molecular complexity index is 1090. The van der Waals surface area contributed by atoms with E-state index in [-0.39, 0.29) is 22.6 Å². The highest BCUT2D eigenvalue weighted by Crippen LogP contribution is 2.42. The third-order valence-corrected chi connectivity index (χ3v) is 4.53. The van der Waals surface area contributed by atoms with Gasteiger partial charge in [-0.1, -0.05) is 60.7 Å². The van der Waals surface area contributed by atoms with Crippen LogP contribution in [0, 0.1) is 5.82 Å². The van der Waals surface area contributed by atoms with Crippen LogP contribution >= 0.6 is 0 Å². The molecule has 0 atom stereocenters. The van der Waals surface area contributed by atoms with Crippen LogP contribution in [-0.2, 0) is 0 Å². The molecule has 0 aliphatic heterocycles. The number of rotatable bonds is 3. The van der Waals surface area contributed by atoms with Gasteiger partial charge in [0.2, 0.25) is 0 Å². The maximum Gasteiger partial charge on any atom is 0.132 e. The maximum absolute atomic E-state index is 15.3. The first-order valence-electron chi connectivity index (χ1n) is 8.60. The molecule has 0 aromatic heterocycles. The molecule has 0 radical (unpaired) electrons. The molecule has 0 aliphatic carbocycles. The van der Waals surface area contributed by atoms with E-state index >= 15 is 4.39 Å². The summed E-state index contributed by atoms with van der Waals surface area (Å²) in [5.74, 6) is -0.583. The van der Waals surface area contributed by atoms with Gasteiger partial charge in [-0.15, -0.1) is 0 Å². The Morgan fingerprint density at radius 1 is 0.556 bits per heavy atom. The first-order valence-corrected chi connectivity index (χ1v) is 8.60. The number of hydrogen-bond acceptors (Lipinski definition) is 2. The minimum Gasteiger partial charge on any atom is -0.508 e. The molecular weight excluding hydrogens is 339 g/mol. The van der Waals surface area contributed by atoms with Crippen LogP contribution in [0.5, 0.6) is 11.5 Å². The number of phenolic OH excluding ortho intramolecular Hbond substituents is 2. The van der Waals surface area contributed by atoms with Crippen LogP contribution < -0.4 is 0 Å². The molecule has 2 nitrogen and oxygen atoms in total. The minimum absolute atomic E-state index is 0.0339. The number of halogens is 1. The van der Waals surface area contributed by atoms with Crippen molar-refractivity contribution < 1.29 is 14.6 Å². The predicted octanol–water partition coefficient (Wildman–Crippen LogP) is 6.24. The molecule has 0 saturated heterocycles. The fourth-order valence-corrected chi connectivity index (χ4v) is 3.25. The number of benzene rings is 4. The molecule has 27 heavy (non-hydrogen) atoms. The van der Waals surface area contributed by atoms with E-state index in [1.54, 1.807) is 0 Å². The van der Waals surface area contributed by atoms with Gasteiger partial charge in [0.05, 0.1) is 0 Å². The Labute approximate surface area is 156 Å². The van der Waals surface area contributed by atoms with Gasteiger partial charge in [-0.3, -0.25) is 0 Å². The lowest BCUT2D eigenvalue weighted by Gasteiger charge is -2.15. The maximum atomic E-state index is 15.3. The van der Waals surface area contributed by atoms with E-state index in [0.717, 1.165) is 16.7 Å². The predicted molar refractivity (Wildman–Crippen MR) is 106 cm³/mol. The summed E-state index contributed by atoms with van der Waals surface area (Å²) in [4.78, 5) is 0. The Balaban J connectivity index is 2.02. The molecule has 0 heterocycles. The van der Waals surface area contributed by atoms with Crippen molar-refractivity contribution in [2.75, 3.05) is 0 Å². The third-order valence-electron chi connectivity index (χ3n) is 4.53. The van der Waals surface area contributed by atoms with Crippen LogP contribution in [0.4, 0.5) is 4.39 Å². The number of phenols is 2. The van der Waals surface area contributed by atoms with Crippen LogP contribution in [0.25, 0.3) is 33.4 Å². The summed E-state index contributed by atoms with van der Waals surface area (Å²) in [5, 5.41) is 20.1. The molecule has 0 saturated carbocycles. The Morgan fingerprint density at radius 2 is 1.19 bits per heavy atom. The quantitative estimate of drug-likeness (QED) is 0.427. The minimum atomic E-state index is -0.462. The fourth-order valence-electron chi connectivity index (χ4n) is 3.25. The normalized spacial score (nSPS) is 10.7. The van der Waals surface area contributed by atoms with Gasteiger partial charge in [0, 0.05) is 11.1 Å². The second kappa shape index (κ2) is 6.96. The molecule has 0 bridgehead atoms. The van der Waals surface area contributed by atoms with Crippen LogP contribution in [0.2, 0.25) is 0 Å². The lowest BCUT2D eigenvalue weighted by Crippen LogP contribution is -1.93. The van der Waals surface area contributed by atoms with Gasteiger partial charge in [0.15, 0.2) is 0 Å². The van der Waals surface area contributed by atoms with Gasteiger partial charge in [-0.2, -0.15) is 0 Å². The second-order valence-electron chi connectivity index (χ2n) is 6.31. The zero-order chi connectivity index (χ0) is 18.8. The topological polar surface area (TPSA) is 40.5 Å². The zero-order valence-electron chi connectivity index (χ0n) is 14.4. The van der Waals surface area contributed by atoms with Gasteiger partial charge in [-0.25, -0.2) is 4.39 Å². The van der Waals surface area contributed by atoms with E-state index in [1.807, 2.05) is 66.7 Å². The average Bonchev–Trinajstić information content (AvgIpc) is 2.71. The molecule has 0 aliphatic rings. The molecule has 3 heteroatoms.